The number of tetrazole rings is 1. The van der Waals surface area contributed by atoms with Gasteiger partial charge in [-0.1, -0.05) is 43.2 Å². The fraction of sp³-hybridized carbons (Fsp3) is 0.500. The molecule has 1 aliphatic heterocycles. The Kier molecular flexibility index (Phi) is 5.01. The summed E-state index contributed by atoms with van der Waals surface area (Å²) in [6, 6.07) is 7.39. The number of hydrogen-bond donors (Lipinski definition) is 0. The van der Waals surface area contributed by atoms with Gasteiger partial charge in [-0.25, -0.2) is 4.68 Å². The fourth-order valence-corrected chi connectivity index (χ4v) is 4.53. The molecule has 7 nitrogen and oxygen atoms in total. The maximum Gasteiger partial charge on any atom is 0.261 e. The Morgan fingerprint density at radius 3 is 2.42 bits per heavy atom. The lowest BCUT2D eigenvalue weighted by atomic mass is 9.96. The van der Waals surface area contributed by atoms with Gasteiger partial charge >= 0.3 is 0 Å². The van der Waals surface area contributed by atoms with Crippen molar-refractivity contribution in [1.29, 1.82) is 0 Å². The van der Waals surface area contributed by atoms with Crippen LogP contribution in [0.5, 0.6) is 0 Å². The zero-order valence-corrected chi connectivity index (χ0v) is 15.3. The zero-order valence-electron chi connectivity index (χ0n) is 14.5. The highest BCUT2D eigenvalue weighted by Crippen LogP contribution is 2.30. The van der Waals surface area contributed by atoms with Gasteiger partial charge in [-0.3, -0.25) is 14.5 Å². The minimum Gasteiger partial charge on any atom is -0.274 e. The molecule has 8 heteroatoms. The summed E-state index contributed by atoms with van der Waals surface area (Å²) >= 11 is 1.59. The predicted octanol–water partition coefficient (Wildman–Crippen LogP) is 2.96. The van der Waals surface area contributed by atoms with Gasteiger partial charge in [0.1, 0.15) is 0 Å². The quantitative estimate of drug-likeness (QED) is 0.441. The van der Waals surface area contributed by atoms with Crippen LogP contribution in [0.2, 0.25) is 0 Å². The number of nitrogens with zero attached hydrogens (tertiary/aromatic N) is 5. The minimum absolute atomic E-state index is 0.192. The van der Waals surface area contributed by atoms with E-state index in [2.05, 4.69) is 15.5 Å². The van der Waals surface area contributed by atoms with Gasteiger partial charge < -0.3 is 0 Å². The number of fused-ring (bicyclic) bond motifs is 1. The van der Waals surface area contributed by atoms with Crippen LogP contribution in [0, 0.1) is 0 Å². The lowest BCUT2D eigenvalue weighted by molar-refractivity contribution is 0.0655. The first-order chi connectivity index (χ1) is 12.8. The molecule has 0 saturated heterocycles. The van der Waals surface area contributed by atoms with Crippen molar-refractivity contribution in [2.75, 3.05) is 12.3 Å². The SMILES string of the molecule is O=C1c2ccccc2C(=O)N1CCCSc1nnnn1C1CCCCC1. The first kappa shape index (κ1) is 17.2. The number of carbonyl (C=O) groups is 2. The first-order valence-electron chi connectivity index (χ1n) is 9.11. The molecule has 2 aliphatic rings. The molecular formula is C18H21N5O2S. The van der Waals surface area contributed by atoms with Crippen molar-refractivity contribution in [1.82, 2.24) is 25.1 Å². The standard InChI is InChI=1S/C18H21N5O2S/c24-16-14-9-4-5-10-15(14)17(25)22(16)11-6-12-26-18-19-20-21-23(18)13-7-2-1-3-8-13/h4-5,9-10,13H,1-3,6-8,11-12H2. The van der Waals surface area contributed by atoms with E-state index in [0.717, 1.165) is 23.8 Å². The van der Waals surface area contributed by atoms with Crippen molar-refractivity contribution < 1.29 is 9.59 Å². The van der Waals surface area contributed by atoms with Crippen LogP contribution in [-0.4, -0.2) is 49.2 Å². The van der Waals surface area contributed by atoms with E-state index in [4.69, 9.17) is 0 Å². The lowest BCUT2D eigenvalue weighted by Gasteiger charge is -2.22. The summed E-state index contributed by atoms with van der Waals surface area (Å²) in [5, 5.41) is 13.0. The molecule has 0 radical (unpaired) electrons. The van der Waals surface area contributed by atoms with Crippen molar-refractivity contribution >= 4 is 23.6 Å². The van der Waals surface area contributed by atoms with Gasteiger partial charge in [-0.15, -0.1) is 5.10 Å². The van der Waals surface area contributed by atoms with Crippen molar-refractivity contribution in [3.63, 3.8) is 0 Å². The third kappa shape index (κ3) is 3.25. The fourth-order valence-electron chi connectivity index (χ4n) is 3.66. The lowest BCUT2D eigenvalue weighted by Crippen LogP contribution is -2.31. The van der Waals surface area contributed by atoms with E-state index in [1.165, 1.54) is 24.2 Å². The third-order valence-electron chi connectivity index (χ3n) is 5.02. The number of aromatic nitrogens is 4. The molecule has 136 valence electrons. The molecule has 1 fully saturated rings. The Balaban J connectivity index is 1.31. The maximum absolute atomic E-state index is 12.4. The maximum atomic E-state index is 12.4. The van der Waals surface area contributed by atoms with Crippen LogP contribution in [0.25, 0.3) is 0 Å². The van der Waals surface area contributed by atoms with Crippen molar-refractivity contribution in [3.8, 4) is 0 Å². The van der Waals surface area contributed by atoms with E-state index in [9.17, 15) is 9.59 Å². The molecule has 4 rings (SSSR count). The van der Waals surface area contributed by atoms with Crippen LogP contribution in [0.3, 0.4) is 0 Å². The number of amides is 2. The largest absolute Gasteiger partial charge is 0.274 e. The average Bonchev–Trinajstić information content (AvgIpc) is 3.24. The summed E-state index contributed by atoms with van der Waals surface area (Å²) in [5.74, 6) is 0.380. The number of thioether (sulfide) groups is 1. The van der Waals surface area contributed by atoms with E-state index in [1.807, 2.05) is 4.68 Å². The van der Waals surface area contributed by atoms with E-state index in [-0.39, 0.29) is 11.8 Å². The first-order valence-corrected chi connectivity index (χ1v) is 10.1. The van der Waals surface area contributed by atoms with Gasteiger partial charge in [-0.05, 0) is 41.8 Å². The Hall–Kier alpha value is -2.22. The van der Waals surface area contributed by atoms with Crippen molar-refractivity contribution in [3.05, 3.63) is 35.4 Å². The second-order valence-corrected chi connectivity index (χ2v) is 7.77. The molecular weight excluding hydrogens is 350 g/mol. The summed E-state index contributed by atoms with van der Waals surface area (Å²) < 4.78 is 1.95. The molecule has 0 bridgehead atoms. The Morgan fingerprint density at radius 2 is 1.73 bits per heavy atom. The number of rotatable bonds is 6. The number of benzene rings is 1. The van der Waals surface area contributed by atoms with Gasteiger partial charge in [0.05, 0.1) is 17.2 Å². The molecule has 2 amide bonds. The highest BCUT2D eigenvalue weighted by atomic mass is 32.2. The molecule has 2 heterocycles. The van der Waals surface area contributed by atoms with Crippen LogP contribution >= 0.6 is 11.8 Å². The molecule has 0 atom stereocenters. The molecule has 1 aromatic carbocycles. The summed E-state index contributed by atoms with van der Waals surface area (Å²) in [7, 11) is 0. The number of imide groups is 1. The molecule has 1 aliphatic carbocycles. The predicted molar refractivity (Wildman–Crippen MR) is 97.1 cm³/mol. The summed E-state index contributed by atoms with van der Waals surface area (Å²) in [6.45, 7) is 0.421. The topological polar surface area (TPSA) is 81.0 Å². The van der Waals surface area contributed by atoms with E-state index >= 15 is 0 Å². The summed E-state index contributed by atoms with van der Waals surface area (Å²) in [6.07, 6.45) is 6.74. The van der Waals surface area contributed by atoms with Crippen molar-refractivity contribution in [2.45, 2.75) is 49.7 Å². The third-order valence-corrected chi connectivity index (χ3v) is 6.04. The van der Waals surface area contributed by atoms with Gasteiger partial charge in [0, 0.05) is 12.3 Å². The Bertz CT molecular complexity index is 780. The molecule has 0 N–H and O–H groups in total. The van der Waals surface area contributed by atoms with E-state index in [0.29, 0.717) is 30.1 Å². The van der Waals surface area contributed by atoms with E-state index in [1.54, 1.807) is 36.0 Å². The van der Waals surface area contributed by atoms with Crippen LogP contribution in [0.1, 0.15) is 65.3 Å². The van der Waals surface area contributed by atoms with Gasteiger partial charge in [-0.2, -0.15) is 0 Å². The normalized spacial score (nSPS) is 17.8. The highest BCUT2D eigenvalue weighted by molar-refractivity contribution is 7.99. The number of hydrogen-bond acceptors (Lipinski definition) is 6. The van der Waals surface area contributed by atoms with Gasteiger partial charge in [0.15, 0.2) is 0 Å². The monoisotopic (exact) mass is 371 g/mol. The average molecular weight is 371 g/mol. The second-order valence-electron chi connectivity index (χ2n) is 6.71. The van der Waals surface area contributed by atoms with Gasteiger partial charge in [0.2, 0.25) is 5.16 Å². The smallest absolute Gasteiger partial charge is 0.261 e. The Labute approximate surface area is 156 Å². The zero-order chi connectivity index (χ0) is 17.9. The van der Waals surface area contributed by atoms with Crippen LogP contribution in [0.15, 0.2) is 29.4 Å². The summed E-state index contributed by atoms with van der Waals surface area (Å²) in [4.78, 5) is 26.0. The van der Waals surface area contributed by atoms with Crippen LogP contribution < -0.4 is 0 Å². The highest BCUT2D eigenvalue weighted by Gasteiger charge is 2.34. The Morgan fingerprint density at radius 1 is 1.04 bits per heavy atom. The molecule has 1 saturated carbocycles. The minimum atomic E-state index is -0.192. The molecule has 0 spiro atoms. The van der Waals surface area contributed by atoms with Crippen molar-refractivity contribution in [2.24, 2.45) is 0 Å². The van der Waals surface area contributed by atoms with E-state index < -0.39 is 0 Å². The van der Waals surface area contributed by atoms with Gasteiger partial charge in [0.25, 0.3) is 11.8 Å². The molecule has 0 unspecified atom stereocenters. The summed E-state index contributed by atoms with van der Waals surface area (Å²) in [5.41, 5.74) is 1.01. The molecule has 2 aromatic rings. The molecule has 26 heavy (non-hydrogen) atoms. The van der Waals surface area contributed by atoms with Crippen LogP contribution in [0.4, 0.5) is 0 Å². The molecule has 1 aromatic heterocycles. The van der Waals surface area contributed by atoms with Crippen LogP contribution in [-0.2, 0) is 0 Å². The second kappa shape index (κ2) is 7.57. The number of carbonyl (C=O) groups excluding carboxylic acids is 2.